The number of para-hydroxylation sites is 2. The number of methoxy groups -OCH3 is 1. The molecule has 1 N–H and O–H groups in total. The fourth-order valence-electron chi connectivity index (χ4n) is 3.79. The molecule has 3 aromatic rings. The van der Waals surface area contributed by atoms with Crippen LogP contribution in [0.1, 0.15) is 44.1 Å². The molecule has 0 unspecified atom stereocenters. The molecule has 4 rings (SSSR count). The van der Waals surface area contributed by atoms with Crippen LogP contribution in [-0.4, -0.2) is 21.8 Å². The second kappa shape index (κ2) is 7.52. The molecule has 6 heteroatoms. The van der Waals surface area contributed by atoms with E-state index < -0.39 is 0 Å². The van der Waals surface area contributed by atoms with Gasteiger partial charge in [0.1, 0.15) is 5.75 Å². The first-order chi connectivity index (χ1) is 13.9. The van der Waals surface area contributed by atoms with Crippen molar-refractivity contribution in [3.63, 3.8) is 0 Å². The van der Waals surface area contributed by atoms with Crippen LogP contribution in [-0.2, 0) is 5.54 Å². The number of nitrogens with zero attached hydrogens (tertiary/aromatic N) is 3. The summed E-state index contributed by atoms with van der Waals surface area (Å²) in [5.74, 6) is 0.790. The normalized spacial score (nSPS) is 19.3. The van der Waals surface area contributed by atoms with Gasteiger partial charge in [0.15, 0.2) is 5.11 Å². The molecule has 0 bridgehead atoms. The third kappa shape index (κ3) is 3.60. The highest BCUT2D eigenvalue weighted by molar-refractivity contribution is 7.80. The Morgan fingerprint density at radius 1 is 1.07 bits per heavy atom. The molecule has 29 heavy (non-hydrogen) atoms. The van der Waals surface area contributed by atoms with Gasteiger partial charge in [-0.25, -0.2) is 0 Å². The zero-order valence-electron chi connectivity index (χ0n) is 17.2. The molecule has 0 amide bonds. The summed E-state index contributed by atoms with van der Waals surface area (Å²) in [6, 6.07) is 16.0. The van der Waals surface area contributed by atoms with E-state index in [0.717, 1.165) is 17.1 Å². The van der Waals surface area contributed by atoms with Gasteiger partial charge in [-0.05, 0) is 68.9 Å². The topological polar surface area (TPSA) is 42.3 Å². The molecular formula is C23H26N4OS. The smallest absolute Gasteiger partial charge is 0.174 e. The van der Waals surface area contributed by atoms with Crippen molar-refractivity contribution >= 4 is 23.0 Å². The maximum atomic E-state index is 5.79. The molecule has 1 aliphatic heterocycles. The number of hydrogen-bond donors (Lipinski definition) is 1. The maximum absolute atomic E-state index is 5.79. The number of anilines is 1. The van der Waals surface area contributed by atoms with Gasteiger partial charge in [0, 0.05) is 24.1 Å². The minimum Gasteiger partial charge on any atom is -0.495 e. The second-order valence-corrected chi connectivity index (χ2v) is 8.58. The van der Waals surface area contributed by atoms with E-state index in [0.29, 0.717) is 5.11 Å². The SMILES string of the molecule is COc1ccccc1N1C(=S)N[C@H](c2ccccn2)[C@@H]1c1ccn(C(C)(C)C)c1. The number of nitrogens with one attached hydrogen (secondary N) is 1. The van der Waals surface area contributed by atoms with Gasteiger partial charge < -0.3 is 19.5 Å². The molecule has 0 saturated carbocycles. The van der Waals surface area contributed by atoms with Gasteiger partial charge in [-0.2, -0.15) is 0 Å². The zero-order chi connectivity index (χ0) is 20.6. The van der Waals surface area contributed by atoms with E-state index in [4.69, 9.17) is 17.0 Å². The van der Waals surface area contributed by atoms with Gasteiger partial charge in [0.05, 0.1) is 30.6 Å². The van der Waals surface area contributed by atoms with Gasteiger partial charge in [0.25, 0.3) is 0 Å². The lowest BCUT2D eigenvalue weighted by molar-refractivity contribution is 0.396. The number of ether oxygens (including phenoxy) is 1. The number of pyridine rings is 1. The van der Waals surface area contributed by atoms with Crippen LogP contribution in [0.4, 0.5) is 5.69 Å². The van der Waals surface area contributed by atoms with Crippen molar-refractivity contribution in [2.45, 2.75) is 38.4 Å². The highest BCUT2D eigenvalue weighted by Crippen LogP contribution is 2.44. The molecule has 2 atom stereocenters. The molecule has 0 aliphatic carbocycles. The van der Waals surface area contributed by atoms with Crippen molar-refractivity contribution in [2.24, 2.45) is 0 Å². The monoisotopic (exact) mass is 406 g/mol. The van der Waals surface area contributed by atoms with Crippen LogP contribution in [0.5, 0.6) is 5.75 Å². The fraction of sp³-hybridized carbons (Fsp3) is 0.304. The first kappa shape index (κ1) is 19.5. The van der Waals surface area contributed by atoms with Crippen LogP contribution < -0.4 is 15.0 Å². The summed E-state index contributed by atoms with van der Waals surface area (Å²) in [6.45, 7) is 6.59. The van der Waals surface area contributed by atoms with Crippen LogP contribution in [0, 0.1) is 0 Å². The number of thiocarbonyl (C=S) groups is 1. The third-order valence-electron chi connectivity index (χ3n) is 5.27. The summed E-state index contributed by atoms with van der Waals surface area (Å²) in [4.78, 5) is 6.76. The molecule has 5 nitrogen and oxygen atoms in total. The molecule has 1 saturated heterocycles. The molecule has 0 radical (unpaired) electrons. The Balaban J connectivity index is 1.85. The Hall–Kier alpha value is -2.86. The van der Waals surface area contributed by atoms with Crippen molar-refractivity contribution in [3.05, 3.63) is 78.4 Å². The largest absolute Gasteiger partial charge is 0.495 e. The average Bonchev–Trinajstić information content (AvgIpc) is 3.33. The zero-order valence-corrected chi connectivity index (χ0v) is 18.0. The summed E-state index contributed by atoms with van der Waals surface area (Å²) in [6.07, 6.45) is 6.16. The molecule has 150 valence electrons. The summed E-state index contributed by atoms with van der Waals surface area (Å²) in [5, 5.41) is 4.16. The molecule has 3 heterocycles. The van der Waals surface area contributed by atoms with Gasteiger partial charge in [-0.3, -0.25) is 4.98 Å². The molecule has 1 aromatic carbocycles. The number of rotatable bonds is 4. The third-order valence-corrected chi connectivity index (χ3v) is 5.59. The van der Waals surface area contributed by atoms with Crippen molar-refractivity contribution in [2.75, 3.05) is 12.0 Å². The highest BCUT2D eigenvalue weighted by Gasteiger charge is 2.42. The first-order valence-corrected chi connectivity index (χ1v) is 10.1. The molecule has 1 aliphatic rings. The number of hydrogen-bond acceptors (Lipinski definition) is 3. The van der Waals surface area contributed by atoms with E-state index in [1.165, 1.54) is 5.56 Å². The minimum atomic E-state index is -0.0653. The van der Waals surface area contributed by atoms with Crippen molar-refractivity contribution in [1.82, 2.24) is 14.9 Å². The van der Waals surface area contributed by atoms with Crippen LogP contribution in [0.25, 0.3) is 0 Å². The van der Waals surface area contributed by atoms with Gasteiger partial charge >= 0.3 is 0 Å². The number of aromatic nitrogens is 2. The minimum absolute atomic E-state index is 0.000548. The Morgan fingerprint density at radius 2 is 1.83 bits per heavy atom. The summed E-state index contributed by atoms with van der Waals surface area (Å²) in [7, 11) is 1.69. The quantitative estimate of drug-likeness (QED) is 0.629. The molecule has 0 spiro atoms. The second-order valence-electron chi connectivity index (χ2n) is 8.19. The predicted octanol–water partition coefficient (Wildman–Crippen LogP) is 4.82. The Kier molecular flexibility index (Phi) is 5.04. The summed E-state index contributed by atoms with van der Waals surface area (Å²) >= 11 is 5.79. The summed E-state index contributed by atoms with van der Waals surface area (Å²) in [5.41, 5.74) is 3.08. The Morgan fingerprint density at radius 3 is 2.48 bits per heavy atom. The van der Waals surface area contributed by atoms with E-state index in [1.54, 1.807) is 7.11 Å². The Labute approximate surface area is 177 Å². The lowest BCUT2D eigenvalue weighted by Gasteiger charge is -2.28. The molecule has 1 fully saturated rings. The van der Waals surface area contributed by atoms with E-state index in [-0.39, 0.29) is 17.6 Å². The molecular weight excluding hydrogens is 380 g/mol. The number of benzene rings is 1. The van der Waals surface area contributed by atoms with Crippen LogP contribution in [0.3, 0.4) is 0 Å². The van der Waals surface area contributed by atoms with Crippen molar-refractivity contribution in [1.29, 1.82) is 0 Å². The lowest BCUT2D eigenvalue weighted by atomic mass is 9.98. The van der Waals surface area contributed by atoms with Crippen molar-refractivity contribution < 1.29 is 4.74 Å². The average molecular weight is 407 g/mol. The van der Waals surface area contributed by atoms with E-state index in [2.05, 4.69) is 59.0 Å². The van der Waals surface area contributed by atoms with E-state index in [9.17, 15) is 0 Å². The van der Waals surface area contributed by atoms with Crippen LogP contribution in [0.15, 0.2) is 67.1 Å². The highest BCUT2D eigenvalue weighted by atomic mass is 32.1. The first-order valence-electron chi connectivity index (χ1n) is 9.72. The van der Waals surface area contributed by atoms with Gasteiger partial charge in [0.2, 0.25) is 0 Å². The summed E-state index contributed by atoms with van der Waals surface area (Å²) < 4.78 is 7.88. The van der Waals surface area contributed by atoms with Gasteiger partial charge in [-0.1, -0.05) is 18.2 Å². The lowest BCUT2D eigenvalue weighted by Crippen LogP contribution is -2.29. The Bertz CT molecular complexity index is 1010. The molecule has 2 aromatic heterocycles. The van der Waals surface area contributed by atoms with E-state index >= 15 is 0 Å². The van der Waals surface area contributed by atoms with E-state index in [1.807, 2.05) is 48.7 Å². The van der Waals surface area contributed by atoms with Crippen LogP contribution in [0.2, 0.25) is 0 Å². The van der Waals surface area contributed by atoms with Gasteiger partial charge in [-0.15, -0.1) is 0 Å². The maximum Gasteiger partial charge on any atom is 0.174 e. The van der Waals surface area contributed by atoms with Crippen LogP contribution >= 0.6 is 12.2 Å². The standard InChI is InChI=1S/C23H26N4OS/c1-23(2,3)26-14-12-16(15-26)21-20(17-9-7-8-13-24-17)25-22(29)27(21)18-10-5-6-11-19(18)28-4/h5-15,20-21H,1-4H3,(H,25,29)/t20-,21+/m1/s1. The van der Waals surface area contributed by atoms with Crippen molar-refractivity contribution in [3.8, 4) is 5.75 Å². The fourth-order valence-corrected chi connectivity index (χ4v) is 4.13. The predicted molar refractivity (Wildman–Crippen MR) is 120 cm³/mol.